The van der Waals surface area contributed by atoms with E-state index < -0.39 is 5.97 Å². The highest BCUT2D eigenvalue weighted by Crippen LogP contribution is 2.27. The van der Waals surface area contributed by atoms with Crippen molar-refractivity contribution in [1.82, 2.24) is 4.90 Å². The van der Waals surface area contributed by atoms with Gasteiger partial charge in [0, 0.05) is 12.6 Å². The minimum atomic E-state index is -0.686. The van der Waals surface area contributed by atoms with Crippen molar-refractivity contribution in [3.05, 3.63) is 35.9 Å². The zero-order valence-electron chi connectivity index (χ0n) is 11.6. The van der Waals surface area contributed by atoms with Crippen LogP contribution in [0.15, 0.2) is 30.3 Å². The van der Waals surface area contributed by atoms with Crippen LogP contribution < -0.4 is 0 Å². The van der Waals surface area contributed by atoms with Gasteiger partial charge in [0.25, 0.3) is 0 Å². The van der Waals surface area contributed by atoms with Crippen LogP contribution in [0.5, 0.6) is 0 Å². The maximum atomic E-state index is 10.9. The van der Waals surface area contributed by atoms with Crippen molar-refractivity contribution < 1.29 is 9.90 Å². The second-order valence-corrected chi connectivity index (χ2v) is 5.55. The summed E-state index contributed by atoms with van der Waals surface area (Å²) in [6.07, 6.45) is 4.65. The standard InChI is InChI=1S/C16H23NO2/c1-13(16(18)19)12-17(15-9-10-15)11-5-8-14-6-3-2-4-7-14/h2-4,6-7,13,15H,5,8-12H2,1H3,(H,18,19). The van der Waals surface area contributed by atoms with Gasteiger partial charge in [0.2, 0.25) is 0 Å². The van der Waals surface area contributed by atoms with Crippen LogP contribution in [0.2, 0.25) is 0 Å². The van der Waals surface area contributed by atoms with Crippen molar-refractivity contribution in [3.63, 3.8) is 0 Å². The average Bonchev–Trinajstić information content (AvgIpc) is 3.23. The maximum Gasteiger partial charge on any atom is 0.307 e. The monoisotopic (exact) mass is 261 g/mol. The van der Waals surface area contributed by atoms with E-state index in [1.54, 1.807) is 6.92 Å². The van der Waals surface area contributed by atoms with E-state index in [1.807, 2.05) is 6.07 Å². The van der Waals surface area contributed by atoms with E-state index in [4.69, 9.17) is 5.11 Å². The van der Waals surface area contributed by atoms with Crippen molar-refractivity contribution >= 4 is 5.97 Å². The lowest BCUT2D eigenvalue weighted by Gasteiger charge is -2.23. The first-order valence-corrected chi connectivity index (χ1v) is 7.17. The van der Waals surface area contributed by atoms with Gasteiger partial charge in [-0.25, -0.2) is 0 Å². The summed E-state index contributed by atoms with van der Waals surface area (Å²) in [6.45, 7) is 3.50. The first-order valence-electron chi connectivity index (χ1n) is 7.17. The predicted octanol–water partition coefficient (Wildman–Crippen LogP) is 2.80. The van der Waals surface area contributed by atoms with Gasteiger partial charge in [-0.2, -0.15) is 0 Å². The van der Waals surface area contributed by atoms with Crippen LogP contribution in [0.3, 0.4) is 0 Å². The van der Waals surface area contributed by atoms with Crippen molar-refractivity contribution in [3.8, 4) is 0 Å². The Bertz CT molecular complexity index is 400. The molecule has 1 aromatic carbocycles. The Kier molecular flexibility index (Phi) is 4.97. The van der Waals surface area contributed by atoms with E-state index in [9.17, 15) is 4.79 Å². The Labute approximate surface area is 115 Å². The third-order valence-electron chi connectivity index (χ3n) is 3.75. The first kappa shape index (κ1) is 14.1. The average molecular weight is 261 g/mol. The van der Waals surface area contributed by atoms with Gasteiger partial charge in [0.1, 0.15) is 0 Å². The van der Waals surface area contributed by atoms with Gasteiger partial charge in [0.15, 0.2) is 0 Å². The van der Waals surface area contributed by atoms with E-state index in [-0.39, 0.29) is 5.92 Å². The van der Waals surface area contributed by atoms with Gasteiger partial charge in [-0.05, 0) is 37.8 Å². The molecule has 3 heteroatoms. The number of aryl methyl sites for hydroxylation is 1. The van der Waals surface area contributed by atoms with Crippen molar-refractivity contribution in [2.45, 2.75) is 38.6 Å². The lowest BCUT2D eigenvalue weighted by atomic mass is 10.1. The summed E-state index contributed by atoms with van der Waals surface area (Å²) in [5.74, 6) is -0.953. The fraction of sp³-hybridized carbons (Fsp3) is 0.562. The topological polar surface area (TPSA) is 40.5 Å². The molecule has 1 aliphatic carbocycles. The van der Waals surface area contributed by atoms with Crippen LogP contribution in [0.4, 0.5) is 0 Å². The molecule has 3 nitrogen and oxygen atoms in total. The minimum Gasteiger partial charge on any atom is -0.481 e. The Hall–Kier alpha value is -1.35. The summed E-state index contributed by atoms with van der Waals surface area (Å²) in [5, 5.41) is 9.01. The molecule has 104 valence electrons. The van der Waals surface area contributed by atoms with Crippen LogP contribution >= 0.6 is 0 Å². The molecule has 1 N–H and O–H groups in total. The zero-order chi connectivity index (χ0) is 13.7. The molecule has 0 radical (unpaired) electrons. The minimum absolute atomic E-state index is 0.266. The molecule has 0 saturated heterocycles. The lowest BCUT2D eigenvalue weighted by Crippen LogP contribution is -2.34. The number of nitrogens with zero attached hydrogens (tertiary/aromatic N) is 1. The maximum absolute atomic E-state index is 10.9. The number of carboxylic acid groups (broad SMARTS) is 1. The van der Waals surface area contributed by atoms with Crippen LogP contribution in [0, 0.1) is 5.92 Å². The van der Waals surface area contributed by atoms with E-state index in [0.717, 1.165) is 19.4 Å². The normalized spacial score (nSPS) is 16.5. The fourth-order valence-corrected chi connectivity index (χ4v) is 2.42. The Balaban J connectivity index is 1.76. The van der Waals surface area contributed by atoms with Crippen molar-refractivity contribution in [2.75, 3.05) is 13.1 Å². The van der Waals surface area contributed by atoms with Gasteiger partial charge >= 0.3 is 5.97 Å². The molecule has 0 spiro atoms. The molecular formula is C16H23NO2. The van der Waals surface area contributed by atoms with Crippen LogP contribution in [-0.2, 0) is 11.2 Å². The van der Waals surface area contributed by atoms with Gasteiger partial charge in [-0.3, -0.25) is 9.69 Å². The molecule has 1 aliphatic rings. The van der Waals surface area contributed by atoms with Crippen LogP contribution in [-0.4, -0.2) is 35.1 Å². The molecule has 0 aliphatic heterocycles. The smallest absolute Gasteiger partial charge is 0.307 e. The number of hydrogen-bond acceptors (Lipinski definition) is 2. The number of rotatable bonds is 8. The molecule has 1 fully saturated rings. The van der Waals surface area contributed by atoms with E-state index in [1.165, 1.54) is 18.4 Å². The Morgan fingerprint density at radius 1 is 1.37 bits per heavy atom. The first-order chi connectivity index (χ1) is 9.16. The number of carbonyl (C=O) groups is 1. The molecule has 0 heterocycles. The summed E-state index contributed by atoms with van der Waals surface area (Å²) >= 11 is 0. The molecule has 1 saturated carbocycles. The quantitative estimate of drug-likeness (QED) is 0.782. The summed E-state index contributed by atoms with van der Waals surface area (Å²) in [5.41, 5.74) is 1.37. The molecule has 1 unspecified atom stereocenters. The zero-order valence-corrected chi connectivity index (χ0v) is 11.6. The van der Waals surface area contributed by atoms with Crippen molar-refractivity contribution in [2.24, 2.45) is 5.92 Å². The predicted molar refractivity (Wildman–Crippen MR) is 76.2 cm³/mol. The van der Waals surface area contributed by atoms with E-state index >= 15 is 0 Å². The molecule has 19 heavy (non-hydrogen) atoms. The van der Waals surface area contributed by atoms with Gasteiger partial charge in [-0.15, -0.1) is 0 Å². The van der Waals surface area contributed by atoms with Gasteiger partial charge in [0.05, 0.1) is 5.92 Å². The molecule has 1 aromatic rings. The van der Waals surface area contributed by atoms with Crippen molar-refractivity contribution in [1.29, 1.82) is 0 Å². The summed E-state index contributed by atoms with van der Waals surface area (Å²) in [6, 6.07) is 11.1. The second-order valence-electron chi connectivity index (χ2n) is 5.55. The number of aliphatic carboxylic acids is 1. The number of benzene rings is 1. The third-order valence-corrected chi connectivity index (χ3v) is 3.75. The second kappa shape index (κ2) is 6.71. The molecule has 0 bridgehead atoms. The van der Waals surface area contributed by atoms with Gasteiger partial charge < -0.3 is 5.11 Å². The molecule has 0 amide bonds. The highest BCUT2D eigenvalue weighted by Gasteiger charge is 2.30. The van der Waals surface area contributed by atoms with E-state index in [2.05, 4.69) is 29.2 Å². The molecule has 0 aromatic heterocycles. The van der Waals surface area contributed by atoms with Crippen LogP contribution in [0.25, 0.3) is 0 Å². The molecule has 1 atom stereocenters. The Morgan fingerprint density at radius 2 is 2.05 bits per heavy atom. The van der Waals surface area contributed by atoms with Crippen LogP contribution in [0.1, 0.15) is 31.7 Å². The third kappa shape index (κ3) is 4.67. The molecule has 2 rings (SSSR count). The fourth-order valence-electron chi connectivity index (χ4n) is 2.42. The Morgan fingerprint density at radius 3 is 2.63 bits per heavy atom. The SMILES string of the molecule is CC(CN(CCCc1ccccc1)C1CC1)C(=O)O. The number of hydrogen-bond donors (Lipinski definition) is 1. The van der Waals surface area contributed by atoms with E-state index in [0.29, 0.717) is 12.6 Å². The lowest BCUT2D eigenvalue weighted by molar-refractivity contribution is -0.141. The van der Waals surface area contributed by atoms with Gasteiger partial charge in [-0.1, -0.05) is 37.3 Å². The highest BCUT2D eigenvalue weighted by atomic mass is 16.4. The number of carboxylic acids is 1. The molecular weight excluding hydrogens is 238 g/mol. The summed E-state index contributed by atoms with van der Waals surface area (Å²) in [7, 11) is 0. The largest absolute Gasteiger partial charge is 0.481 e. The highest BCUT2D eigenvalue weighted by molar-refractivity contribution is 5.69. The summed E-state index contributed by atoms with van der Waals surface area (Å²) in [4.78, 5) is 13.3. The summed E-state index contributed by atoms with van der Waals surface area (Å²) < 4.78 is 0.